The molecule has 0 amide bonds. The van der Waals surface area contributed by atoms with Crippen LogP contribution in [0.3, 0.4) is 0 Å². The molecule has 1 aliphatic heterocycles. The van der Waals surface area contributed by atoms with E-state index < -0.39 is 0 Å². The topological polar surface area (TPSA) is 55.4 Å². The van der Waals surface area contributed by atoms with Gasteiger partial charge in [0.1, 0.15) is 0 Å². The largest absolute Gasteiger partial charge is 0.385 e. The molecule has 0 fully saturated rings. The lowest BCUT2D eigenvalue weighted by Crippen LogP contribution is -2.46. The Morgan fingerprint density at radius 1 is 1.14 bits per heavy atom. The fourth-order valence-corrected chi connectivity index (χ4v) is 3.27. The lowest BCUT2D eigenvalue weighted by Gasteiger charge is -2.34. The van der Waals surface area contributed by atoms with Crippen molar-refractivity contribution in [3.05, 3.63) is 22.3 Å². The summed E-state index contributed by atoms with van der Waals surface area (Å²) in [5, 5.41) is 3.56. The van der Waals surface area contributed by atoms with Crippen molar-refractivity contribution >= 4 is 11.6 Å². The molecular weight excluding hydrogens is 266 g/mol. The number of ether oxygens (including phenoxy) is 1. The molecule has 0 aromatic rings. The van der Waals surface area contributed by atoms with Gasteiger partial charge in [0.05, 0.1) is 0 Å². The van der Waals surface area contributed by atoms with E-state index in [1.54, 1.807) is 21.0 Å². The van der Waals surface area contributed by atoms with E-state index in [1.165, 1.54) is 0 Å². The molecule has 0 saturated carbocycles. The number of Topliss-reactive ketones (excluding diaryl/α,β-unsaturated/α-hetero) is 2. The summed E-state index contributed by atoms with van der Waals surface area (Å²) < 4.78 is 5.22. The van der Waals surface area contributed by atoms with E-state index in [9.17, 15) is 9.59 Å². The number of methoxy groups -OCH3 is 1. The number of nitrogens with one attached hydrogen (secondary N) is 1. The zero-order chi connectivity index (χ0) is 15.6. The second-order valence-electron chi connectivity index (χ2n) is 6.10. The van der Waals surface area contributed by atoms with E-state index in [2.05, 4.69) is 12.2 Å². The summed E-state index contributed by atoms with van der Waals surface area (Å²) in [6.07, 6.45) is 3.02. The zero-order valence-corrected chi connectivity index (χ0v) is 13.5. The molecule has 2 rings (SSSR count). The highest BCUT2D eigenvalue weighted by atomic mass is 16.5. The van der Waals surface area contributed by atoms with Crippen molar-refractivity contribution in [3.8, 4) is 0 Å². The maximum Gasteiger partial charge on any atom is 0.185 e. The molecule has 0 saturated heterocycles. The lowest BCUT2D eigenvalue weighted by molar-refractivity contribution is -0.116. The van der Waals surface area contributed by atoms with Gasteiger partial charge in [-0.2, -0.15) is 0 Å². The number of carbonyl (C=O) groups is 2. The van der Waals surface area contributed by atoms with Crippen LogP contribution >= 0.6 is 0 Å². The van der Waals surface area contributed by atoms with Gasteiger partial charge in [-0.25, -0.2) is 0 Å². The van der Waals surface area contributed by atoms with Gasteiger partial charge >= 0.3 is 0 Å². The minimum Gasteiger partial charge on any atom is -0.385 e. The Morgan fingerprint density at radius 2 is 1.76 bits per heavy atom. The normalized spacial score (nSPS) is 27.0. The maximum absolute atomic E-state index is 12.6. The zero-order valence-electron chi connectivity index (χ0n) is 13.5. The van der Waals surface area contributed by atoms with Gasteiger partial charge in [0.2, 0.25) is 0 Å². The van der Waals surface area contributed by atoms with Gasteiger partial charge in [-0.05, 0) is 46.1 Å². The Kier molecular flexibility index (Phi) is 4.79. The Morgan fingerprint density at radius 3 is 2.33 bits per heavy atom. The molecule has 0 aromatic carbocycles. The highest BCUT2D eigenvalue weighted by Crippen LogP contribution is 2.36. The van der Waals surface area contributed by atoms with Crippen LogP contribution in [0.5, 0.6) is 0 Å². The van der Waals surface area contributed by atoms with Crippen LogP contribution in [-0.4, -0.2) is 37.4 Å². The molecule has 4 nitrogen and oxygen atoms in total. The molecule has 0 radical (unpaired) electrons. The van der Waals surface area contributed by atoms with E-state index in [4.69, 9.17) is 4.74 Å². The van der Waals surface area contributed by atoms with Crippen molar-refractivity contribution in [1.29, 1.82) is 0 Å². The Labute approximate surface area is 126 Å². The highest BCUT2D eigenvalue weighted by Gasteiger charge is 2.38. The monoisotopic (exact) mass is 291 g/mol. The maximum atomic E-state index is 12.6. The van der Waals surface area contributed by atoms with Crippen LogP contribution in [0, 0.1) is 0 Å². The van der Waals surface area contributed by atoms with Crippen molar-refractivity contribution in [2.45, 2.75) is 52.0 Å². The number of allylic oxidation sites excluding steroid dienone is 2. The molecule has 0 aromatic heterocycles. The van der Waals surface area contributed by atoms with Crippen LogP contribution in [0.1, 0.15) is 46.5 Å². The van der Waals surface area contributed by atoms with Gasteiger partial charge in [0.25, 0.3) is 0 Å². The van der Waals surface area contributed by atoms with Gasteiger partial charge in [-0.1, -0.05) is 6.92 Å². The first kappa shape index (κ1) is 16.1. The minimum absolute atomic E-state index is 0.0565. The third-order valence-corrected chi connectivity index (χ3v) is 5.01. The molecule has 1 atom stereocenters. The molecule has 1 unspecified atom stereocenters. The molecule has 1 heterocycles. The second kappa shape index (κ2) is 6.24. The summed E-state index contributed by atoms with van der Waals surface area (Å²) in [6.45, 7) is 7.04. The average molecular weight is 291 g/mol. The first-order chi connectivity index (χ1) is 9.95. The number of hydrogen-bond acceptors (Lipinski definition) is 4. The fourth-order valence-electron chi connectivity index (χ4n) is 3.27. The van der Waals surface area contributed by atoms with Crippen molar-refractivity contribution in [2.24, 2.45) is 0 Å². The predicted molar refractivity (Wildman–Crippen MR) is 82.2 cm³/mol. The number of ketones is 2. The molecule has 0 spiro atoms. The standard InChI is InChI=1S/C17H25NO3/c1-5-17(7-9-21-4)10-14-13(6-8-18-17)15(19)11(2)12(3)16(14)20/h18H,5-10H2,1-4H3. The fraction of sp³-hybridized carbons (Fsp3) is 0.647. The minimum atomic E-state index is -0.144. The first-order valence-electron chi connectivity index (χ1n) is 7.68. The van der Waals surface area contributed by atoms with Crippen molar-refractivity contribution in [3.63, 3.8) is 0 Å². The van der Waals surface area contributed by atoms with E-state index in [0.29, 0.717) is 30.6 Å². The van der Waals surface area contributed by atoms with Gasteiger partial charge in [0.15, 0.2) is 11.6 Å². The van der Waals surface area contributed by atoms with Crippen molar-refractivity contribution < 1.29 is 14.3 Å². The Hall–Kier alpha value is -1.26. The van der Waals surface area contributed by atoms with Gasteiger partial charge < -0.3 is 10.1 Å². The quantitative estimate of drug-likeness (QED) is 0.808. The van der Waals surface area contributed by atoms with Crippen molar-refractivity contribution in [1.82, 2.24) is 5.32 Å². The van der Waals surface area contributed by atoms with E-state index in [-0.39, 0.29) is 17.1 Å². The van der Waals surface area contributed by atoms with E-state index in [0.717, 1.165) is 30.5 Å². The number of carbonyl (C=O) groups excluding carboxylic acids is 2. The van der Waals surface area contributed by atoms with Crippen LogP contribution in [0.15, 0.2) is 22.3 Å². The smallest absolute Gasteiger partial charge is 0.185 e. The molecule has 4 heteroatoms. The van der Waals surface area contributed by atoms with E-state index in [1.807, 2.05) is 0 Å². The molecule has 1 N–H and O–H groups in total. The number of hydrogen-bond donors (Lipinski definition) is 1. The number of rotatable bonds is 4. The third-order valence-electron chi connectivity index (χ3n) is 5.01. The van der Waals surface area contributed by atoms with Crippen LogP contribution in [-0.2, 0) is 14.3 Å². The molecule has 2 aliphatic rings. The van der Waals surface area contributed by atoms with Crippen LogP contribution in [0.4, 0.5) is 0 Å². The van der Waals surface area contributed by atoms with Crippen LogP contribution in [0.25, 0.3) is 0 Å². The summed E-state index contributed by atoms with van der Waals surface area (Å²) in [7, 11) is 1.69. The van der Waals surface area contributed by atoms with Gasteiger partial charge in [0, 0.05) is 41.5 Å². The third kappa shape index (κ3) is 2.87. The first-order valence-corrected chi connectivity index (χ1v) is 7.68. The lowest BCUT2D eigenvalue weighted by atomic mass is 9.78. The molecule has 0 bridgehead atoms. The van der Waals surface area contributed by atoms with Crippen molar-refractivity contribution in [2.75, 3.05) is 20.3 Å². The van der Waals surface area contributed by atoms with Gasteiger partial charge in [-0.15, -0.1) is 0 Å². The van der Waals surface area contributed by atoms with E-state index >= 15 is 0 Å². The Bertz CT molecular complexity index is 530. The summed E-state index contributed by atoms with van der Waals surface area (Å²) in [5.41, 5.74) is 2.53. The summed E-state index contributed by atoms with van der Waals surface area (Å²) in [5.74, 6) is 0.114. The molecule has 21 heavy (non-hydrogen) atoms. The highest BCUT2D eigenvalue weighted by molar-refractivity contribution is 6.24. The van der Waals surface area contributed by atoms with Crippen LogP contribution < -0.4 is 5.32 Å². The predicted octanol–water partition coefficient (Wildman–Crippen LogP) is 2.34. The molecule has 116 valence electrons. The summed E-state index contributed by atoms with van der Waals surface area (Å²) >= 11 is 0. The molecular formula is C17H25NO3. The average Bonchev–Trinajstić information content (AvgIpc) is 2.69. The van der Waals surface area contributed by atoms with Gasteiger partial charge in [-0.3, -0.25) is 9.59 Å². The SMILES string of the molecule is CCC1(CCOC)CC2=C(CCN1)C(=O)C(C)=C(C)C2=O. The van der Waals surface area contributed by atoms with Crippen LogP contribution in [0.2, 0.25) is 0 Å². The second-order valence-corrected chi connectivity index (χ2v) is 6.10. The Balaban J connectivity index is 2.37. The molecule has 1 aliphatic carbocycles. The summed E-state index contributed by atoms with van der Waals surface area (Å²) in [6, 6.07) is 0. The summed E-state index contributed by atoms with van der Waals surface area (Å²) in [4.78, 5) is 25.1.